The van der Waals surface area contributed by atoms with E-state index in [0.717, 1.165) is 5.56 Å². The molecule has 3 nitrogen and oxygen atoms in total. The van der Waals surface area contributed by atoms with Crippen molar-refractivity contribution in [1.29, 1.82) is 0 Å². The zero-order valence-electron chi connectivity index (χ0n) is 13.1. The van der Waals surface area contributed by atoms with Gasteiger partial charge in [0.05, 0.1) is 6.61 Å². The van der Waals surface area contributed by atoms with Crippen LogP contribution >= 0.6 is 11.3 Å². The molecule has 2 heterocycles. The smallest absolute Gasteiger partial charge is 0.274 e. The van der Waals surface area contributed by atoms with Crippen LogP contribution in [0.1, 0.15) is 38.1 Å². The molecular weight excluding hydrogens is 288 g/mol. The van der Waals surface area contributed by atoms with Gasteiger partial charge in [0.2, 0.25) is 0 Å². The molecular formula is C15H24O3SSi. The van der Waals surface area contributed by atoms with E-state index in [0.29, 0.717) is 6.61 Å². The molecule has 0 spiro atoms. The van der Waals surface area contributed by atoms with Gasteiger partial charge in [-0.1, -0.05) is 20.8 Å². The summed E-state index contributed by atoms with van der Waals surface area (Å²) in [6.45, 7) is 13.9. The van der Waals surface area contributed by atoms with Gasteiger partial charge in [-0.25, -0.2) is 0 Å². The van der Waals surface area contributed by atoms with Crippen LogP contribution in [0.25, 0.3) is 0 Å². The standard InChI is InChI=1S/C15H24O3SSi/c1-14(2,3)20(5,6)18-10-13-9-12(11-19-13)15(4)16-7-8-17-15/h7-9,11H,10H2,1-6H3. The first-order valence-electron chi connectivity index (χ1n) is 6.87. The molecule has 0 amide bonds. The molecule has 0 radical (unpaired) electrons. The van der Waals surface area contributed by atoms with Crippen LogP contribution in [0.3, 0.4) is 0 Å². The summed E-state index contributed by atoms with van der Waals surface area (Å²) in [6, 6.07) is 2.12. The molecule has 0 saturated heterocycles. The average molecular weight is 313 g/mol. The zero-order chi connectivity index (χ0) is 15.0. The van der Waals surface area contributed by atoms with Crippen LogP contribution in [0.2, 0.25) is 18.1 Å². The molecule has 0 saturated carbocycles. The lowest BCUT2D eigenvalue weighted by Gasteiger charge is -2.36. The first-order chi connectivity index (χ1) is 9.14. The molecule has 1 aliphatic heterocycles. The third-order valence-corrected chi connectivity index (χ3v) is 9.59. The lowest BCUT2D eigenvalue weighted by Crippen LogP contribution is -2.40. The van der Waals surface area contributed by atoms with Crippen molar-refractivity contribution < 1.29 is 13.9 Å². The van der Waals surface area contributed by atoms with Crippen molar-refractivity contribution in [2.24, 2.45) is 0 Å². The molecule has 1 aromatic heterocycles. The molecule has 0 aromatic carbocycles. The Bertz CT molecular complexity index is 491. The van der Waals surface area contributed by atoms with Gasteiger partial charge in [0, 0.05) is 22.7 Å². The van der Waals surface area contributed by atoms with Crippen molar-refractivity contribution >= 4 is 19.7 Å². The van der Waals surface area contributed by atoms with E-state index in [1.807, 2.05) is 6.92 Å². The molecule has 0 aliphatic carbocycles. The highest BCUT2D eigenvalue weighted by Gasteiger charge is 2.37. The normalized spacial score (nSPS) is 17.9. The topological polar surface area (TPSA) is 27.7 Å². The Labute approximate surface area is 126 Å². The lowest BCUT2D eigenvalue weighted by molar-refractivity contribution is -0.132. The van der Waals surface area contributed by atoms with Crippen LogP contribution in [0, 0.1) is 0 Å². The quantitative estimate of drug-likeness (QED) is 0.735. The van der Waals surface area contributed by atoms with E-state index < -0.39 is 14.1 Å². The first kappa shape index (κ1) is 15.6. The monoisotopic (exact) mass is 312 g/mol. The Hall–Kier alpha value is -0.783. The van der Waals surface area contributed by atoms with E-state index in [1.165, 1.54) is 4.88 Å². The summed E-state index contributed by atoms with van der Waals surface area (Å²) in [7, 11) is -1.70. The lowest BCUT2D eigenvalue weighted by atomic mass is 10.1. The Morgan fingerprint density at radius 2 is 1.85 bits per heavy atom. The second-order valence-electron chi connectivity index (χ2n) is 6.80. The van der Waals surface area contributed by atoms with Gasteiger partial charge >= 0.3 is 0 Å². The summed E-state index contributed by atoms with van der Waals surface area (Å²) in [5, 5.41) is 2.32. The highest BCUT2D eigenvalue weighted by Crippen LogP contribution is 2.38. The van der Waals surface area contributed by atoms with Gasteiger partial charge in [0.25, 0.3) is 5.79 Å². The van der Waals surface area contributed by atoms with Crippen LogP contribution in [0.4, 0.5) is 0 Å². The van der Waals surface area contributed by atoms with E-state index in [2.05, 4.69) is 45.3 Å². The summed E-state index contributed by atoms with van der Waals surface area (Å²) >= 11 is 1.70. The van der Waals surface area contributed by atoms with Crippen LogP contribution < -0.4 is 0 Å². The van der Waals surface area contributed by atoms with Crippen LogP contribution in [0.15, 0.2) is 24.0 Å². The first-order valence-corrected chi connectivity index (χ1v) is 10.7. The molecule has 112 valence electrons. The number of hydrogen-bond donors (Lipinski definition) is 0. The minimum atomic E-state index is -1.70. The van der Waals surface area contributed by atoms with E-state index in [-0.39, 0.29) is 5.04 Å². The highest BCUT2D eigenvalue weighted by atomic mass is 32.1. The Balaban J connectivity index is 2.01. The summed E-state index contributed by atoms with van der Waals surface area (Å²) in [6.07, 6.45) is 3.17. The summed E-state index contributed by atoms with van der Waals surface area (Å²) in [4.78, 5) is 1.21. The Kier molecular flexibility index (Phi) is 4.06. The van der Waals surface area contributed by atoms with Gasteiger partial charge in [0.1, 0.15) is 12.5 Å². The molecule has 20 heavy (non-hydrogen) atoms. The Morgan fingerprint density at radius 3 is 2.40 bits per heavy atom. The van der Waals surface area contributed by atoms with Gasteiger partial charge in [-0.3, -0.25) is 0 Å². The predicted molar refractivity (Wildman–Crippen MR) is 85.0 cm³/mol. The second kappa shape index (κ2) is 5.20. The van der Waals surface area contributed by atoms with Gasteiger partial charge in [-0.15, -0.1) is 11.3 Å². The maximum absolute atomic E-state index is 6.24. The molecule has 0 N–H and O–H groups in total. The third kappa shape index (κ3) is 3.10. The predicted octanol–water partition coefficient (Wildman–Crippen LogP) is 4.96. The van der Waals surface area contributed by atoms with Crippen molar-refractivity contribution in [2.45, 2.75) is 58.2 Å². The van der Waals surface area contributed by atoms with Gasteiger partial charge in [-0.05, 0) is 24.2 Å². The minimum absolute atomic E-state index is 0.237. The number of thiophene rings is 1. The van der Waals surface area contributed by atoms with E-state index in [4.69, 9.17) is 13.9 Å². The summed E-state index contributed by atoms with van der Waals surface area (Å²) < 4.78 is 17.3. The molecule has 0 fully saturated rings. The fourth-order valence-corrected chi connectivity index (χ4v) is 3.58. The van der Waals surface area contributed by atoms with Crippen LogP contribution in [-0.4, -0.2) is 8.32 Å². The SMILES string of the molecule is CC1(c2csc(CO[Si](C)(C)C(C)(C)C)c2)OC=CO1. The fraction of sp³-hybridized carbons (Fsp3) is 0.600. The Morgan fingerprint density at radius 1 is 1.25 bits per heavy atom. The van der Waals surface area contributed by atoms with E-state index in [1.54, 1.807) is 23.9 Å². The van der Waals surface area contributed by atoms with Crippen molar-refractivity contribution in [3.05, 3.63) is 34.4 Å². The summed E-state index contributed by atoms with van der Waals surface area (Å²) in [5.74, 6) is -0.675. The molecule has 5 heteroatoms. The van der Waals surface area contributed by atoms with Gasteiger partial charge < -0.3 is 13.9 Å². The molecule has 0 bridgehead atoms. The van der Waals surface area contributed by atoms with E-state index in [9.17, 15) is 0 Å². The number of rotatable bonds is 4. The van der Waals surface area contributed by atoms with Crippen LogP contribution in [-0.2, 0) is 26.3 Å². The maximum Gasteiger partial charge on any atom is 0.274 e. The van der Waals surface area contributed by atoms with Crippen molar-refractivity contribution in [1.82, 2.24) is 0 Å². The van der Waals surface area contributed by atoms with Gasteiger partial charge in [-0.2, -0.15) is 0 Å². The van der Waals surface area contributed by atoms with Crippen molar-refractivity contribution in [3.63, 3.8) is 0 Å². The molecule has 0 atom stereocenters. The minimum Gasteiger partial charge on any atom is -0.453 e. The second-order valence-corrected chi connectivity index (χ2v) is 12.6. The zero-order valence-corrected chi connectivity index (χ0v) is 15.0. The maximum atomic E-state index is 6.24. The average Bonchev–Trinajstić information content (AvgIpc) is 2.94. The highest BCUT2D eigenvalue weighted by molar-refractivity contribution is 7.10. The molecule has 1 aliphatic rings. The molecule has 1 aromatic rings. The third-order valence-electron chi connectivity index (χ3n) is 4.20. The fourth-order valence-electron chi connectivity index (χ4n) is 1.64. The molecule has 0 unspecified atom stereocenters. The van der Waals surface area contributed by atoms with E-state index >= 15 is 0 Å². The summed E-state index contributed by atoms with van der Waals surface area (Å²) in [5.41, 5.74) is 1.04. The molecule has 2 rings (SSSR count). The van der Waals surface area contributed by atoms with Crippen molar-refractivity contribution in [2.75, 3.05) is 0 Å². The number of hydrogen-bond acceptors (Lipinski definition) is 4. The van der Waals surface area contributed by atoms with Gasteiger partial charge in [0.15, 0.2) is 8.32 Å². The largest absolute Gasteiger partial charge is 0.453 e. The van der Waals surface area contributed by atoms with Crippen molar-refractivity contribution in [3.8, 4) is 0 Å². The van der Waals surface area contributed by atoms with Crippen LogP contribution in [0.5, 0.6) is 0 Å². The number of ether oxygens (including phenoxy) is 2.